The van der Waals surface area contributed by atoms with Crippen molar-refractivity contribution in [2.24, 2.45) is 0 Å². The number of rotatable bonds is 6. The Kier molecular flexibility index (Phi) is 5.51. The monoisotopic (exact) mass is 275 g/mol. The highest BCUT2D eigenvalue weighted by Gasteiger charge is 2.18. The van der Waals surface area contributed by atoms with E-state index in [1.54, 1.807) is 6.07 Å². The molecule has 0 aromatic heterocycles. The van der Waals surface area contributed by atoms with Gasteiger partial charge in [0.2, 0.25) is 0 Å². The van der Waals surface area contributed by atoms with E-state index in [4.69, 9.17) is 5.26 Å². The van der Waals surface area contributed by atoms with Crippen molar-refractivity contribution >= 4 is 0 Å². The van der Waals surface area contributed by atoms with Gasteiger partial charge in [-0.05, 0) is 38.1 Å². The summed E-state index contributed by atoms with van der Waals surface area (Å²) in [7, 11) is 2.16. The van der Waals surface area contributed by atoms with E-state index in [0.717, 1.165) is 19.1 Å². The second-order valence-corrected chi connectivity index (χ2v) is 5.51. The highest BCUT2D eigenvalue weighted by Crippen LogP contribution is 2.21. The van der Waals surface area contributed by atoms with E-state index in [-0.39, 0.29) is 5.82 Å². The molecule has 108 valence electrons. The van der Waals surface area contributed by atoms with Crippen molar-refractivity contribution in [1.82, 2.24) is 10.2 Å². The lowest BCUT2D eigenvalue weighted by molar-refractivity contribution is 0.245. The van der Waals surface area contributed by atoms with Crippen LogP contribution in [-0.2, 0) is 6.54 Å². The number of nitrogens with one attached hydrogen (secondary N) is 1. The number of nitrogens with zero attached hydrogens (tertiary/aromatic N) is 2. The lowest BCUT2D eigenvalue weighted by atomic mass is 10.1. The summed E-state index contributed by atoms with van der Waals surface area (Å²) in [5.74, 6) is -0.249. The minimum atomic E-state index is -0.249. The average Bonchev–Trinajstić information content (AvgIpc) is 2.99. The summed E-state index contributed by atoms with van der Waals surface area (Å²) in [6, 6.07) is 7.24. The average molecular weight is 275 g/mol. The molecule has 1 N–H and O–H groups in total. The van der Waals surface area contributed by atoms with Crippen molar-refractivity contribution in [3.05, 3.63) is 35.1 Å². The van der Waals surface area contributed by atoms with E-state index in [1.165, 1.54) is 37.8 Å². The molecular formula is C16H22FN3. The van der Waals surface area contributed by atoms with Crippen LogP contribution in [0, 0.1) is 17.1 Å². The van der Waals surface area contributed by atoms with Crippen molar-refractivity contribution in [3.63, 3.8) is 0 Å². The van der Waals surface area contributed by atoms with Crippen LogP contribution in [0.1, 0.15) is 36.8 Å². The van der Waals surface area contributed by atoms with E-state index >= 15 is 0 Å². The van der Waals surface area contributed by atoms with Crippen molar-refractivity contribution in [2.45, 2.75) is 38.3 Å². The summed E-state index contributed by atoms with van der Waals surface area (Å²) in [6.07, 6.45) is 5.29. The summed E-state index contributed by atoms with van der Waals surface area (Å²) in [6.45, 7) is 2.29. The van der Waals surface area contributed by atoms with Gasteiger partial charge in [0.15, 0.2) is 0 Å². The van der Waals surface area contributed by atoms with Crippen molar-refractivity contribution < 1.29 is 4.39 Å². The Balaban J connectivity index is 1.74. The van der Waals surface area contributed by atoms with Gasteiger partial charge in [-0.3, -0.25) is 0 Å². The van der Waals surface area contributed by atoms with E-state index < -0.39 is 0 Å². The van der Waals surface area contributed by atoms with E-state index in [9.17, 15) is 4.39 Å². The zero-order valence-corrected chi connectivity index (χ0v) is 12.0. The van der Waals surface area contributed by atoms with Gasteiger partial charge in [-0.15, -0.1) is 0 Å². The second kappa shape index (κ2) is 7.37. The van der Waals surface area contributed by atoms with Crippen LogP contribution in [-0.4, -0.2) is 31.1 Å². The highest BCUT2D eigenvalue weighted by atomic mass is 19.1. The van der Waals surface area contributed by atoms with Crippen molar-refractivity contribution in [2.75, 3.05) is 20.1 Å². The molecule has 0 unspecified atom stereocenters. The maximum absolute atomic E-state index is 13.6. The van der Waals surface area contributed by atoms with Gasteiger partial charge in [0, 0.05) is 31.2 Å². The van der Waals surface area contributed by atoms with Crippen LogP contribution in [0.3, 0.4) is 0 Å². The highest BCUT2D eigenvalue weighted by molar-refractivity contribution is 5.33. The fraction of sp³-hybridized carbons (Fsp3) is 0.562. The van der Waals surface area contributed by atoms with Gasteiger partial charge in [-0.1, -0.05) is 12.8 Å². The molecule has 1 fully saturated rings. The SMILES string of the molecule is CN(CCNCc1cc(C#N)ccc1F)C1CCCC1. The molecule has 1 aliphatic rings. The molecule has 0 radical (unpaired) electrons. The largest absolute Gasteiger partial charge is 0.311 e. The van der Waals surface area contributed by atoms with Gasteiger partial charge in [0.25, 0.3) is 0 Å². The van der Waals surface area contributed by atoms with Crippen LogP contribution in [0.5, 0.6) is 0 Å². The van der Waals surface area contributed by atoms with Gasteiger partial charge < -0.3 is 10.2 Å². The molecule has 0 heterocycles. The normalized spacial score (nSPS) is 15.7. The molecule has 20 heavy (non-hydrogen) atoms. The van der Waals surface area contributed by atoms with E-state index in [0.29, 0.717) is 17.7 Å². The molecule has 4 heteroatoms. The van der Waals surface area contributed by atoms with Crippen molar-refractivity contribution in [1.29, 1.82) is 5.26 Å². The summed E-state index contributed by atoms with van der Waals surface area (Å²) in [5.41, 5.74) is 1.07. The van der Waals surface area contributed by atoms with Crippen LogP contribution in [0.4, 0.5) is 4.39 Å². The van der Waals surface area contributed by atoms with Gasteiger partial charge >= 0.3 is 0 Å². The fourth-order valence-electron chi connectivity index (χ4n) is 2.79. The molecule has 0 atom stereocenters. The summed E-state index contributed by atoms with van der Waals surface area (Å²) >= 11 is 0. The maximum Gasteiger partial charge on any atom is 0.127 e. The van der Waals surface area contributed by atoms with Crippen LogP contribution in [0.25, 0.3) is 0 Å². The van der Waals surface area contributed by atoms with Gasteiger partial charge in [-0.25, -0.2) is 4.39 Å². The van der Waals surface area contributed by atoms with Gasteiger partial charge in [0.1, 0.15) is 5.82 Å². The Morgan fingerprint density at radius 1 is 1.40 bits per heavy atom. The maximum atomic E-state index is 13.6. The summed E-state index contributed by atoms with van der Waals surface area (Å²) < 4.78 is 13.6. The van der Waals surface area contributed by atoms with Gasteiger partial charge in [0.05, 0.1) is 11.6 Å². The third kappa shape index (κ3) is 4.03. The summed E-state index contributed by atoms with van der Waals surface area (Å²) in [4.78, 5) is 2.39. The molecule has 2 rings (SSSR count). The number of benzene rings is 1. The van der Waals surface area contributed by atoms with E-state index in [1.807, 2.05) is 6.07 Å². The third-order valence-corrected chi connectivity index (χ3v) is 4.08. The predicted molar refractivity (Wildman–Crippen MR) is 77.7 cm³/mol. The quantitative estimate of drug-likeness (QED) is 0.811. The summed E-state index contributed by atoms with van der Waals surface area (Å²) in [5, 5.41) is 12.1. The zero-order valence-electron chi connectivity index (χ0n) is 12.0. The molecule has 0 bridgehead atoms. The predicted octanol–water partition coefficient (Wildman–Crippen LogP) is 2.66. The van der Waals surface area contributed by atoms with Crippen LogP contribution in [0.2, 0.25) is 0 Å². The first-order chi connectivity index (χ1) is 9.70. The number of halogens is 1. The zero-order chi connectivity index (χ0) is 14.4. The third-order valence-electron chi connectivity index (χ3n) is 4.08. The lowest BCUT2D eigenvalue weighted by Crippen LogP contribution is -2.35. The second-order valence-electron chi connectivity index (χ2n) is 5.51. The Morgan fingerprint density at radius 2 is 2.15 bits per heavy atom. The van der Waals surface area contributed by atoms with E-state index in [2.05, 4.69) is 17.3 Å². The van der Waals surface area contributed by atoms with Crippen LogP contribution < -0.4 is 5.32 Å². The molecule has 1 saturated carbocycles. The van der Waals surface area contributed by atoms with Crippen molar-refractivity contribution in [3.8, 4) is 6.07 Å². The molecule has 1 aromatic rings. The first kappa shape index (κ1) is 15.0. The minimum absolute atomic E-state index is 0.249. The smallest absolute Gasteiger partial charge is 0.127 e. The molecular weight excluding hydrogens is 253 g/mol. The number of hydrogen-bond donors (Lipinski definition) is 1. The number of likely N-dealkylation sites (N-methyl/N-ethyl adjacent to an activating group) is 1. The Labute approximate surface area is 120 Å². The molecule has 0 aliphatic heterocycles. The molecule has 3 nitrogen and oxygen atoms in total. The van der Waals surface area contributed by atoms with Gasteiger partial charge in [-0.2, -0.15) is 5.26 Å². The topological polar surface area (TPSA) is 39.1 Å². The molecule has 1 aromatic carbocycles. The first-order valence-electron chi connectivity index (χ1n) is 7.30. The Hall–Kier alpha value is -1.44. The Morgan fingerprint density at radius 3 is 2.85 bits per heavy atom. The number of hydrogen-bond acceptors (Lipinski definition) is 3. The first-order valence-corrected chi connectivity index (χ1v) is 7.30. The molecule has 1 aliphatic carbocycles. The lowest BCUT2D eigenvalue weighted by Gasteiger charge is -2.24. The molecule has 0 amide bonds. The fourth-order valence-corrected chi connectivity index (χ4v) is 2.79. The number of nitriles is 1. The molecule has 0 spiro atoms. The van der Waals surface area contributed by atoms with Crippen LogP contribution in [0.15, 0.2) is 18.2 Å². The standard InChI is InChI=1S/C16H22FN3/c1-20(15-4-2-3-5-15)9-8-19-12-14-10-13(11-18)6-7-16(14)17/h6-7,10,15,19H,2-5,8-9,12H2,1H3. The minimum Gasteiger partial charge on any atom is -0.311 e. The van der Waals surface area contributed by atoms with Crippen LogP contribution >= 0.6 is 0 Å². The Bertz CT molecular complexity index is 475. The molecule has 0 saturated heterocycles.